The highest BCUT2D eigenvalue weighted by atomic mass is 16.6. The Kier molecular flexibility index (Phi) is 4.22. The van der Waals surface area contributed by atoms with Crippen molar-refractivity contribution < 1.29 is 19.4 Å². The van der Waals surface area contributed by atoms with E-state index in [1.807, 2.05) is 0 Å². The van der Waals surface area contributed by atoms with Crippen LogP contribution in [0.5, 0.6) is 0 Å². The number of aliphatic hydroxyl groups is 1. The minimum absolute atomic E-state index is 0.106. The van der Waals surface area contributed by atoms with Gasteiger partial charge in [-0.3, -0.25) is 4.79 Å². The fourth-order valence-electron chi connectivity index (χ4n) is 2.42. The smallest absolute Gasteiger partial charge is 0.408 e. The molecule has 0 radical (unpaired) electrons. The molecule has 6 heteroatoms. The molecule has 1 saturated carbocycles. The number of carbonyl (C=O) groups excluding carboxylic acids is 2. The Morgan fingerprint density at radius 3 is 2.30 bits per heavy atom. The van der Waals surface area contributed by atoms with Crippen molar-refractivity contribution in [1.29, 1.82) is 0 Å². The van der Waals surface area contributed by atoms with Crippen LogP contribution in [0.1, 0.15) is 40.0 Å². The van der Waals surface area contributed by atoms with Crippen LogP contribution >= 0.6 is 0 Å². The predicted molar refractivity (Wildman–Crippen MR) is 73.1 cm³/mol. The fourth-order valence-corrected chi connectivity index (χ4v) is 2.42. The second-order valence-corrected chi connectivity index (χ2v) is 6.71. The van der Waals surface area contributed by atoms with E-state index in [0.717, 1.165) is 19.3 Å². The van der Waals surface area contributed by atoms with Gasteiger partial charge in [-0.25, -0.2) is 4.79 Å². The largest absolute Gasteiger partial charge is 0.444 e. The maximum absolute atomic E-state index is 12.4. The topological polar surface area (TPSA) is 78.9 Å². The van der Waals surface area contributed by atoms with Crippen molar-refractivity contribution in [3.63, 3.8) is 0 Å². The number of ether oxygens (including phenoxy) is 1. The van der Waals surface area contributed by atoms with Crippen molar-refractivity contribution in [3.05, 3.63) is 0 Å². The van der Waals surface area contributed by atoms with E-state index in [0.29, 0.717) is 13.1 Å². The monoisotopic (exact) mass is 284 g/mol. The van der Waals surface area contributed by atoms with Crippen molar-refractivity contribution >= 4 is 12.0 Å². The summed E-state index contributed by atoms with van der Waals surface area (Å²) in [5.74, 6) is 0.0821. The minimum atomic E-state index is -0.579. The number of alkyl carbamates (subject to hydrolysis) is 1. The van der Waals surface area contributed by atoms with Gasteiger partial charge < -0.3 is 20.1 Å². The number of nitrogens with one attached hydrogen (secondary N) is 1. The fraction of sp³-hybridized carbons (Fsp3) is 0.857. The first kappa shape index (κ1) is 15.1. The molecule has 1 aliphatic carbocycles. The number of nitrogens with zero attached hydrogens (tertiary/aromatic N) is 1. The number of rotatable bonds is 3. The number of hydrogen-bond donors (Lipinski definition) is 2. The zero-order chi connectivity index (χ0) is 14.9. The Bertz CT molecular complexity index is 381. The van der Waals surface area contributed by atoms with E-state index in [1.54, 1.807) is 25.7 Å². The summed E-state index contributed by atoms with van der Waals surface area (Å²) < 4.78 is 5.22. The third-order valence-corrected chi connectivity index (χ3v) is 3.73. The predicted octanol–water partition coefficient (Wildman–Crippen LogP) is 0.883. The molecule has 0 aromatic rings. The summed E-state index contributed by atoms with van der Waals surface area (Å²) in [6, 6.07) is -0.522. The maximum atomic E-state index is 12.4. The standard InChI is InChI=1S/C14H24N2O4/c1-14(2,3)20-13(19)15-11(9-5-4-6-9)12(18)16-7-10(17)8-16/h9-11,17H,4-8H2,1-3H3,(H,15,19). The maximum Gasteiger partial charge on any atom is 0.408 e. The third-order valence-electron chi connectivity index (χ3n) is 3.73. The molecule has 0 spiro atoms. The second kappa shape index (κ2) is 5.60. The van der Waals surface area contributed by atoms with Crippen molar-refractivity contribution in [1.82, 2.24) is 10.2 Å². The first-order chi connectivity index (χ1) is 9.26. The average Bonchev–Trinajstić information content (AvgIpc) is 2.17. The van der Waals surface area contributed by atoms with Gasteiger partial charge in [-0.05, 0) is 39.5 Å². The number of likely N-dealkylation sites (tertiary alicyclic amines) is 1. The van der Waals surface area contributed by atoms with Gasteiger partial charge in [0.15, 0.2) is 0 Å². The van der Waals surface area contributed by atoms with Gasteiger partial charge in [0.05, 0.1) is 6.10 Å². The molecule has 6 nitrogen and oxygen atoms in total. The molecule has 2 aliphatic rings. The molecule has 1 heterocycles. The highest BCUT2D eigenvalue weighted by Crippen LogP contribution is 2.31. The van der Waals surface area contributed by atoms with E-state index in [9.17, 15) is 14.7 Å². The van der Waals surface area contributed by atoms with Crippen LogP contribution in [0.25, 0.3) is 0 Å². The van der Waals surface area contributed by atoms with Crippen molar-refractivity contribution in [2.24, 2.45) is 5.92 Å². The summed E-state index contributed by atoms with van der Waals surface area (Å²) in [6.45, 7) is 6.09. The summed E-state index contributed by atoms with van der Waals surface area (Å²) >= 11 is 0. The Labute approximate surface area is 119 Å². The first-order valence-corrected chi connectivity index (χ1v) is 7.22. The summed E-state index contributed by atoms with van der Waals surface area (Å²) in [5.41, 5.74) is -0.579. The number of hydrogen-bond acceptors (Lipinski definition) is 4. The zero-order valence-electron chi connectivity index (χ0n) is 12.4. The summed E-state index contributed by atoms with van der Waals surface area (Å²) in [5, 5.41) is 12.0. The molecular weight excluding hydrogens is 260 g/mol. The van der Waals surface area contributed by atoms with Crippen LogP contribution in [0, 0.1) is 5.92 Å². The van der Waals surface area contributed by atoms with Crippen LogP contribution in [0.15, 0.2) is 0 Å². The van der Waals surface area contributed by atoms with Gasteiger partial charge in [-0.2, -0.15) is 0 Å². The molecule has 114 valence electrons. The van der Waals surface area contributed by atoms with Gasteiger partial charge in [0.25, 0.3) is 0 Å². The molecular formula is C14H24N2O4. The number of amides is 2. The Morgan fingerprint density at radius 2 is 1.90 bits per heavy atom. The summed E-state index contributed by atoms with van der Waals surface area (Å²) in [7, 11) is 0. The van der Waals surface area contributed by atoms with Crippen LogP contribution < -0.4 is 5.32 Å². The lowest BCUT2D eigenvalue weighted by atomic mass is 9.79. The van der Waals surface area contributed by atoms with Gasteiger partial charge in [0.1, 0.15) is 11.6 Å². The van der Waals surface area contributed by atoms with Gasteiger partial charge in [-0.15, -0.1) is 0 Å². The summed E-state index contributed by atoms with van der Waals surface area (Å²) in [6.07, 6.45) is 2.00. The Morgan fingerprint density at radius 1 is 1.30 bits per heavy atom. The summed E-state index contributed by atoms with van der Waals surface area (Å²) in [4.78, 5) is 25.8. The SMILES string of the molecule is CC(C)(C)OC(=O)NC(C(=O)N1CC(O)C1)C1CCC1. The van der Waals surface area contributed by atoms with Crippen molar-refractivity contribution in [2.75, 3.05) is 13.1 Å². The van der Waals surface area contributed by atoms with Gasteiger partial charge in [0, 0.05) is 13.1 Å². The lowest BCUT2D eigenvalue weighted by molar-refractivity contribution is -0.145. The molecule has 0 aromatic heterocycles. The van der Waals surface area contributed by atoms with Gasteiger partial charge in [0.2, 0.25) is 5.91 Å². The van der Waals surface area contributed by atoms with E-state index < -0.39 is 23.8 Å². The molecule has 1 atom stereocenters. The molecule has 1 aliphatic heterocycles. The van der Waals surface area contributed by atoms with E-state index in [2.05, 4.69) is 5.32 Å². The van der Waals surface area contributed by atoms with Crippen molar-refractivity contribution in [2.45, 2.75) is 57.8 Å². The lowest BCUT2D eigenvalue weighted by Crippen LogP contribution is -2.61. The molecule has 2 amide bonds. The van der Waals surface area contributed by atoms with Crippen molar-refractivity contribution in [3.8, 4) is 0 Å². The molecule has 1 saturated heterocycles. The number of carbonyl (C=O) groups is 2. The van der Waals surface area contributed by atoms with Crippen LogP contribution in [-0.2, 0) is 9.53 Å². The minimum Gasteiger partial charge on any atom is -0.444 e. The molecule has 2 fully saturated rings. The molecule has 2 N–H and O–H groups in total. The number of aliphatic hydroxyl groups excluding tert-OH is 1. The van der Waals surface area contributed by atoms with E-state index in [1.165, 1.54) is 0 Å². The Balaban J connectivity index is 1.93. The van der Waals surface area contributed by atoms with Crippen LogP contribution in [0.2, 0.25) is 0 Å². The first-order valence-electron chi connectivity index (χ1n) is 7.22. The molecule has 0 bridgehead atoms. The molecule has 1 unspecified atom stereocenters. The van der Waals surface area contributed by atoms with E-state index in [4.69, 9.17) is 4.74 Å². The van der Waals surface area contributed by atoms with Crippen LogP contribution in [0.4, 0.5) is 4.79 Å². The van der Waals surface area contributed by atoms with Gasteiger partial charge >= 0.3 is 6.09 Å². The second-order valence-electron chi connectivity index (χ2n) is 6.71. The third kappa shape index (κ3) is 3.62. The van der Waals surface area contributed by atoms with Crippen LogP contribution in [0.3, 0.4) is 0 Å². The molecule has 0 aromatic carbocycles. The highest BCUT2D eigenvalue weighted by molar-refractivity contribution is 5.86. The lowest BCUT2D eigenvalue weighted by Gasteiger charge is -2.41. The quantitative estimate of drug-likeness (QED) is 0.806. The molecule has 2 rings (SSSR count). The zero-order valence-corrected chi connectivity index (χ0v) is 12.4. The number of β-amino-alcohol motifs (C(OH)–C–C–N with tert-alkyl or cyclic N) is 1. The highest BCUT2D eigenvalue weighted by Gasteiger charge is 2.40. The van der Waals surface area contributed by atoms with E-state index in [-0.39, 0.29) is 11.8 Å². The molecule has 20 heavy (non-hydrogen) atoms. The van der Waals surface area contributed by atoms with Gasteiger partial charge in [-0.1, -0.05) is 6.42 Å². The average molecular weight is 284 g/mol. The van der Waals surface area contributed by atoms with E-state index >= 15 is 0 Å². The van der Waals surface area contributed by atoms with Crippen LogP contribution in [-0.4, -0.2) is 52.8 Å². The normalized spacial score (nSPS) is 21.7. The Hall–Kier alpha value is -1.30.